The van der Waals surface area contributed by atoms with Gasteiger partial charge >= 0.3 is 5.97 Å². The number of hydrogen-bond acceptors (Lipinski definition) is 4. The summed E-state index contributed by atoms with van der Waals surface area (Å²) in [7, 11) is 1.65. The molecule has 0 aliphatic rings. The van der Waals surface area contributed by atoms with E-state index in [0.717, 1.165) is 24.2 Å². The number of carboxylic acid groups (broad SMARTS) is 1. The largest absolute Gasteiger partial charge is 0.478 e. The molecule has 1 aromatic carbocycles. The van der Waals surface area contributed by atoms with Gasteiger partial charge in [-0.2, -0.15) is 0 Å². The molecule has 0 fully saturated rings. The highest BCUT2D eigenvalue weighted by atomic mass is 16.5. The zero-order chi connectivity index (χ0) is 14.1. The number of carboxylic acids is 1. The standard InChI is InChI=1S/C14H21NO4/c1-11-10-12(14(16)17)4-5-13(11)15-6-3-7-19-9-8-18-2/h4-5,10,15H,3,6-9H2,1-2H3,(H,16,17). The number of aryl methyl sites for hydroxylation is 1. The van der Waals surface area contributed by atoms with Crippen LogP contribution in [0.1, 0.15) is 22.3 Å². The number of carbonyl (C=O) groups is 1. The van der Waals surface area contributed by atoms with Crippen molar-refractivity contribution in [2.24, 2.45) is 0 Å². The zero-order valence-electron chi connectivity index (χ0n) is 11.4. The third kappa shape index (κ3) is 5.72. The maximum Gasteiger partial charge on any atom is 0.335 e. The number of benzene rings is 1. The molecule has 0 saturated carbocycles. The fourth-order valence-corrected chi connectivity index (χ4v) is 1.64. The molecule has 1 rings (SSSR count). The third-order valence-corrected chi connectivity index (χ3v) is 2.69. The van der Waals surface area contributed by atoms with Crippen molar-refractivity contribution >= 4 is 11.7 Å². The van der Waals surface area contributed by atoms with Gasteiger partial charge in [-0.3, -0.25) is 0 Å². The minimum atomic E-state index is -0.902. The van der Waals surface area contributed by atoms with E-state index in [9.17, 15) is 4.79 Å². The average molecular weight is 267 g/mol. The van der Waals surface area contributed by atoms with Crippen LogP contribution in [0.5, 0.6) is 0 Å². The summed E-state index contributed by atoms with van der Waals surface area (Å²) in [6, 6.07) is 5.07. The Kier molecular flexibility index (Phi) is 6.92. The van der Waals surface area contributed by atoms with Crippen LogP contribution in [0.2, 0.25) is 0 Å². The number of ether oxygens (including phenoxy) is 2. The van der Waals surface area contributed by atoms with E-state index in [4.69, 9.17) is 14.6 Å². The monoisotopic (exact) mass is 267 g/mol. The molecule has 0 atom stereocenters. The summed E-state index contributed by atoms with van der Waals surface area (Å²) in [5.41, 5.74) is 2.20. The number of rotatable bonds is 9. The van der Waals surface area contributed by atoms with Gasteiger partial charge < -0.3 is 19.9 Å². The van der Waals surface area contributed by atoms with Crippen molar-refractivity contribution in [1.29, 1.82) is 0 Å². The van der Waals surface area contributed by atoms with Crippen molar-refractivity contribution in [3.63, 3.8) is 0 Å². The van der Waals surface area contributed by atoms with Crippen molar-refractivity contribution in [3.8, 4) is 0 Å². The molecule has 0 unspecified atom stereocenters. The molecule has 0 aliphatic carbocycles. The molecule has 2 N–H and O–H groups in total. The quantitative estimate of drug-likeness (QED) is 0.671. The fraction of sp³-hybridized carbons (Fsp3) is 0.500. The lowest BCUT2D eigenvalue weighted by Crippen LogP contribution is -2.09. The maximum absolute atomic E-state index is 10.8. The number of nitrogens with one attached hydrogen (secondary N) is 1. The van der Waals surface area contributed by atoms with E-state index in [-0.39, 0.29) is 0 Å². The first kappa shape index (κ1) is 15.5. The second-order valence-corrected chi connectivity index (χ2v) is 4.22. The Morgan fingerprint density at radius 1 is 1.32 bits per heavy atom. The molecule has 0 spiro atoms. The SMILES string of the molecule is COCCOCCCNc1ccc(C(=O)O)cc1C. The highest BCUT2D eigenvalue weighted by Gasteiger charge is 2.04. The van der Waals surface area contributed by atoms with Crippen molar-refractivity contribution in [1.82, 2.24) is 0 Å². The molecule has 5 nitrogen and oxygen atoms in total. The average Bonchev–Trinajstić information content (AvgIpc) is 2.39. The molecule has 0 bridgehead atoms. The van der Waals surface area contributed by atoms with Crippen LogP contribution in [0.4, 0.5) is 5.69 Å². The van der Waals surface area contributed by atoms with Gasteiger partial charge in [0, 0.05) is 25.9 Å². The Balaban J connectivity index is 2.28. The molecule has 1 aromatic rings. The summed E-state index contributed by atoms with van der Waals surface area (Å²) in [6.45, 7) is 4.60. The molecule has 5 heteroatoms. The minimum absolute atomic E-state index is 0.311. The van der Waals surface area contributed by atoms with E-state index in [2.05, 4.69) is 5.32 Å². The lowest BCUT2D eigenvalue weighted by Gasteiger charge is -2.10. The van der Waals surface area contributed by atoms with Crippen LogP contribution in [0.15, 0.2) is 18.2 Å². The van der Waals surface area contributed by atoms with Crippen LogP contribution in [0.25, 0.3) is 0 Å². The Morgan fingerprint density at radius 3 is 2.74 bits per heavy atom. The Bertz CT molecular complexity index is 406. The second kappa shape index (κ2) is 8.50. The summed E-state index contributed by atoms with van der Waals surface area (Å²) >= 11 is 0. The normalized spacial score (nSPS) is 10.4. The molecule has 0 radical (unpaired) electrons. The predicted molar refractivity (Wildman–Crippen MR) is 73.9 cm³/mol. The van der Waals surface area contributed by atoms with Crippen molar-refractivity contribution in [2.75, 3.05) is 38.8 Å². The summed E-state index contributed by atoms with van der Waals surface area (Å²) < 4.78 is 10.2. The van der Waals surface area contributed by atoms with Gasteiger partial charge in [0.05, 0.1) is 18.8 Å². The van der Waals surface area contributed by atoms with Gasteiger partial charge in [-0.25, -0.2) is 4.79 Å². The first-order chi connectivity index (χ1) is 9.15. The lowest BCUT2D eigenvalue weighted by molar-refractivity contribution is 0.0697. The topological polar surface area (TPSA) is 67.8 Å². The van der Waals surface area contributed by atoms with E-state index < -0.39 is 5.97 Å². The van der Waals surface area contributed by atoms with Gasteiger partial charge in [-0.15, -0.1) is 0 Å². The Morgan fingerprint density at radius 2 is 2.11 bits per heavy atom. The highest BCUT2D eigenvalue weighted by Crippen LogP contribution is 2.16. The number of aromatic carboxylic acids is 1. The van der Waals surface area contributed by atoms with Crippen molar-refractivity contribution < 1.29 is 19.4 Å². The Hall–Kier alpha value is -1.59. The summed E-state index contributed by atoms with van der Waals surface area (Å²) in [5.74, 6) is -0.902. The van der Waals surface area contributed by atoms with E-state index in [1.807, 2.05) is 6.92 Å². The molecule has 0 aromatic heterocycles. The predicted octanol–water partition coefficient (Wildman–Crippen LogP) is 2.16. The molecule has 0 aliphatic heterocycles. The molecule has 0 amide bonds. The summed E-state index contributed by atoms with van der Waals surface area (Å²) in [5, 5.41) is 12.1. The van der Waals surface area contributed by atoms with Crippen LogP contribution in [-0.4, -0.2) is 44.6 Å². The van der Waals surface area contributed by atoms with E-state index >= 15 is 0 Å². The minimum Gasteiger partial charge on any atom is -0.478 e. The van der Waals surface area contributed by atoms with Crippen LogP contribution >= 0.6 is 0 Å². The first-order valence-electron chi connectivity index (χ1n) is 6.29. The van der Waals surface area contributed by atoms with Gasteiger partial charge in [0.2, 0.25) is 0 Å². The van der Waals surface area contributed by atoms with E-state index in [1.54, 1.807) is 25.3 Å². The molecular formula is C14H21NO4. The molecule has 0 heterocycles. The number of anilines is 1. The zero-order valence-corrected chi connectivity index (χ0v) is 11.4. The van der Waals surface area contributed by atoms with E-state index in [1.165, 1.54) is 0 Å². The summed E-state index contributed by atoms with van der Waals surface area (Å²) in [6.07, 6.45) is 0.893. The second-order valence-electron chi connectivity index (χ2n) is 4.22. The molecule has 0 saturated heterocycles. The number of methoxy groups -OCH3 is 1. The van der Waals surface area contributed by atoms with Crippen LogP contribution in [0, 0.1) is 6.92 Å². The smallest absolute Gasteiger partial charge is 0.335 e. The third-order valence-electron chi connectivity index (χ3n) is 2.69. The first-order valence-corrected chi connectivity index (χ1v) is 6.29. The fourth-order valence-electron chi connectivity index (χ4n) is 1.64. The molecular weight excluding hydrogens is 246 g/mol. The van der Waals surface area contributed by atoms with Crippen molar-refractivity contribution in [3.05, 3.63) is 29.3 Å². The van der Waals surface area contributed by atoms with Crippen molar-refractivity contribution in [2.45, 2.75) is 13.3 Å². The lowest BCUT2D eigenvalue weighted by atomic mass is 10.1. The van der Waals surface area contributed by atoms with E-state index in [0.29, 0.717) is 25.4 Å². The van der Waals surface area contributed by atoms with Gasteiger partial charge in [-0.05, 0) is 37.1 Å². The Labute approximate surface area is 113 Å². The van der Waals surface area contributed by atoms with Gasteiger partial charge in [-0.1, -0.05) is 0 Å². The van der Waals surface area contributed by atoms with Gasteiger partial charge in [0.1, 0.15) is 0 Å². The van der Waals surface area contributed by atoms with Crippen LogP contribution < -0.4 is 5.32 Å². The van der Waals surface area contributed by atoms with Gasteiger partial charge in [0.25, 0.3) is 0 Å². The number of hydrogen-bond donors (Lipinski definition) is 2. The van der Waals surface area contributed by atoms with Gasteiger partial charge in [0.15, 0.2) is 0 Å². The molecule has 19 heavy (non-hydrogen) atoms. The maximum atomic E-state index is 10.8. The highest BCUT2D eigenvalue weighted by molar-refractivity contribution is 5.88. The summed E-state index contributed by atoms with van der Waals surface area (Å²) in [4.78, 5) is 10.8. The molecule has 106 valence electrons. The van der Waals surface area contributed by atoms with Crippen LogP contribution in [-0.2, 0) is 9.47 Å². The van der Waals surface area contributed by atoms with Crippen LogP contribution in [0.3, 0.4) is 0 Å².